The molecule has 0 bridgehead atoms. The van der Waals surface area contributed by atoms with Crippen LogP contribution in [0.4, 0.5) is 0 Å². The van der Waals surface area contributed by atoms with Gasteiger partial charge in [-0.3, -0.25) is 0 Å². The standard InChI is InChI=1S/C28H30N2O4/c1-19-4-6-20(7-5-19)14-15-29-17-25-24-13-12-23(34-3)16-26(24)30(27(25)28(31)32)18-21-8-10-22(33-2)11-9-21/h4-13,16,29H,14-15,17-18H2,1-3H3,(H,31,32). The molecule has 0 saturated heterocycles. The molecule has 0 atom stereocenters. The molecule has 4 aromatic rings. The van der Waals surface area contributed by atoms with Crippen molar-refractivity contribution in [1.82, 2.24) is 9.88 Å². The first-order valence-electron chi connectivity index (χ1n) is 11.3. The fourth-order valence-electron chi connectivity index (χ4n) is 4.23. The number of benzene rings is 3. The number of hydrogen-bond acceptors (Lipinski definition) is 4. The third kappa shape index (κ3) is 5.07. The first-order valence-corrected chi connectivity index (χ1v) is 11.3. The van der Waals surface area contributed by atoms with Crippen molar-refractivity contribution in [2.75, 3.05) is 20.8 Å². The van der Waals surface area contributed by atoms with Crippen molar-refractivity contribution in [3.8, 4) is 11.5 Å². The molecule has 2 N–H and O–H groups in total. The van der Waals surface area contributed by atoms with Crippen LogP contribution >= 0.6 is 0 Å². The van der Waals surface area contributed by atoms with E-state index in [0.29, 0.717) is 24.5 Å². The molecule has 4 rings (SSSR count). The van der Waals surface area contributed by atoms with E-state index in [1.165, 1.54) is 11.1 Å². The zero-order valence-electron chi connectivity index (χ0n) is 19.8. The van der Waals surface area contributed by atoms with Gasteiger partial charge in [-0.25, -0.2) is 4.79 Å². The molecule has 0 saturated carbocycles. The fraction of sp³-hybridized carbons (Fsp3) is 0.250. The number of ether oxygens (including phenoxy) is 2. The van der Waals surface area contributed by atoms with E-state index < -0.39 is 5.97 Å². The highest BCUT2D eigenvalue weighted by atomic mass is 16.5. The lowest BCUT2D eigenvalue weighted by Crippen LogP contribution is -2.19. The number of aromatic nitrogens is 1. The van der Waals surface area contributed by atoms with Gasteiger partial charge < -0.3 is 24.5 Å². The first-order chi connectivity index (χ1) is 16.5. The number of nitrogens with one attached hydrogen (secondary N) is 1. The maximum Gasteiger partial charge on any atom is 0.352 e. The molecule has 6 nitrogen and oxygen atoms in total. The Morgan fingerprint density at radius 3 is 2.21 bits per heavy atom. The Morgan fingerprint density at radius 1 is 0.912 bits per heavy atom. The minimum absolute atomic E-state index is 0.293. The van der Waals surface area contributed by atoms with E-state index in [1.807, 2.05) is 47.0 Å². The monoisotopic (exact) mass is 458 g/mol. The number of methoxy groups -OCH3 is 2. The van der Waals surface area contributed by atoms with Crippen LogP contribution in [0.5, 0.6) is 11.5 Å². The van der Waals surface area contributed by atoms with E-state index in [-0.39, 0.29) is 0 Å². The van der Waals surface area contributed by atoms with Gasteiger partial charge in [0, 0.05) is 30.1 Å². The van der Waals surface area contributed by atoms with Crippen molar-refractivity contribution >= 4 is 16.9 Å². The van der Waals surface area contributed by atoms with Crippen molar-refractivity contribution in [1.29, 1.82) is 0 Å². The van der Waals surface area contributed by atoms with Gasteiger partial charge in [0.15, 0.2) is 0 Å². The topological polar surface area (TPSA) is 72.7 Å². The number of fused-ring (bicyclic) bond motifs is 1. The maximum atomic E-state index is 12.4. The highest BCUT2D eigenvalue weighted by Crippen LogP contribution is 2.31. The van der Waals surface area contributed by atoms with Crippen molar-refractivity contribution in [2.45, 2.75) is 26.4 Å². The lowest BCUT2D eigenvalue weighted by molar-refractivity contribution is 0.0684. The molecule has 0 amide bonds. The Labute approximate surface area is 199 Å². The summed E-state index contributed by atoms with van der Waals surface area (Å²) >= 11 is 0. The SMILES string of the molecule is COc1ccc(Cn2c(C(=O)O)c(CNCCc3ccc(C)cc3)c3ccc(OC)cc32)cc1. The number of nitrogens with zero attached hydrogens (tertiary/aromatic N) is 1. The van der Waals surface area contributed by atoms with E-state index >= 15 is 0 Å². The number of carbonyl (C=O) groups is 1. The summed E-state index contributed by atoms with van der Waals surface area (Å²) in [4.78, 5) is 12.4. The Kier molecular flexibility index (Phi) is 7.18. The van der Waals surface area contributed by atoms with Crippen molar-refractivity contribution in [2.24, 2.45) is 0 Å². The number of aryl methyl sites for hydroxylation is 1. The minimum atomic E-state index is -0.945. The van der Waals surface area contributed by atoms with Crippen LogP contribution in [0.2, 0.25) is 0 Å². The summed E-state index contributed by atoms with van der Waals surface area (Å²) in [6, 6.07) is 21.9. The lowest BCUT2D eigenvalue weighted by Gasteiger charge is -2.11. The predicted molar refractivity (Wildman–Crippen MR) is 134 cm³/mol. The number of carboxylic acids is 1. The second-order valence-electron chi connectivity index (χ2n) is 8.36. The van der Waals surface area contributed by atoms with Crippen molar-refractivity contribution in [3.05, 3.63) is 94.7 Å². The van der Waals surface area contributed by atoms with Gasteiger partial charge in [0.1, 0.15) is 17.2 Å². The molecule has 0 aliphatic carbocycles. The molecule has 0 fully saturated rings. The molecule has 0 radical (unpaired) electrons. The number of hydrogen-bond donors (Lipinski definition) is 2. The van der Waals surface area contributed by atoms with E-state index in [9.17, 15) is 9.90 Å². The molecular formula is C28H30N2O4. The second-order valence-corrected chi connectivity index (χ2v) is 8.36. The Balaban J connectivity index is 1.65. The van der Waals surface area contributed by atoms with Crippen molar-refractivity contribution < 1.29 is 19.4 Å². The van der Waals surface area contributed by atoms with Gasteiger partial charge in [-0.2, -0.15) is 0 Å². The van der Waals surface area contributed by atoms with Crippen LogP contribution in [-0.2, 0) is 19.5 Å². The first kappa shape index (κ1) is 23.4. The molecule has 1 heterocycles. The summed E-state index contributed by atoms with van der Waals surface area (Å²) in [5.74, 6) is 0.510. The van der Waals surface area contributed by atoms with Crippen LogP contribution in [-0.4, -0.2) is 36.4 Å². The van der Waals surface area contributed by atoms with Gasteiger partial charge in [-0.05, 0) is 55.3 Å². The van der Waals surface area contributed by atoms with Crippen LogP contribution in [0.15, 0.2) is 66.7 Å². The van der Waals surface area contributed by atoms with E-state index in [0.717, 1.165) is 40.7 Å². The Bertz CT molecular complexity index is 1270. The quantitative estimate of drug-likeness (QED) is 0.326. The molecule has 1 aromatic heterocycles. The maximum absolute atomic E-state index is 12.4. The molecule has 0 aliphatic rings. The summed E-state index contributed by atoms with van der Waals surface area (Å²) in [6.45, 7) is 3.72. The highest BCUT2D eigenvalue weighted by Gasteiger charge is 2.23. The number of rotatable bonds is 10. The van der Waals surface area contributed by atoms with Crippen LogP contribution in [0.1, 0.15) is 32.7 Å². The highest BCUT2D eigenvalue weighted by molar-refractivity contribution is 5.98. The third-order valence-electron chi connectivity index (χ3n) is 6.09. The van der Waals surface area contributed by atoms with Crippen molar-refractivity contribution in [3.63, 3.8) is 0 Å². The molecule has 3 aromatic carbocycles. The molecular weight excluding hydrogens is 428 g/mol. The predicted octanol–water partition coefficient (Wildman–Crippen LogP) is 5.05. The normalized spacial score (nSPS) is 11.0. The molecule has 0 spiro atoms. The van der Waals surface area contributed by atoms with E-state index in [2.05, 4.69) is 36.5 Å². The second kappa shape index (κ2) is 10.4. The molecule has 6 heteroatoms. The van der Waals surface area contributed by atoms with Gasteiger partial charge in [-0.15, -0.1) is 0 Å². The Morgan fingerprint density at radius 2 is 1.56 bits per heavy atom. The molecule has 176 valence electrons. The van der Waals surface area contributed by atoms with Gasteiger partial charge in [0.05, 0.1) is 19.7 Å². The van der Waals surface area contributed by atoms with Gasteiger partial charge in [0.25, 0.3) is 0 Å². The van der Waals surface area contributed by atoms with E-state index in [4.69, 9.17) is 9.47 Å². The fourth-order valence-corrected chi connectivity index (χ4v) is 4.23. The van der Waals surface area contributed by atoms with E-state index in [1.54, 1.807) is 14.2 Å². The molecule has 0 aliphatic heterocycles. The smallest absolute Gasteiger partial charge is 0.352 e. The molecule has 0 unspecified atom stereocenters. The zero-order chi connectivity index (χ0) is 24.1. The number of aromatic carboxylic acids is 1. The summed E-state index contributed by atoms with van der Waals surface area (Å²) in [6.07, 6.45) is 0.876. The lowest BCUT2D eigenvalue weighted by atomic mass is 10.1. The largest absolute Gasteiger partial charge is 0.497 e. The Hall–Kier alpha value is -3.77. The minimum Gasteiger partial charge on any atom is -0.497 e. The zero-order valence-corrected chi connectivity index (χ0v) is 19.8. The number of carboxylic acid groups (broad SMARTS) is 1. The third-order valence-corrected chi connectivity index (χ3v) is 6.09. The summed E-state index contributed by atoms with van der Waals surface area (Å²) in [5, 5.41) is 14.6. The average Bonchev–Trinajstić information content (AvgIpc) is 3.16. The van der Waals surface area contributed by atoms with Crippen LogP contribution in [0.3, 0.4) is 0 Å². The summed E-state index contributed by atoms with van der Waals surface area (Å²) in [7, 11) is 3.24. The van der Waals surface area contributed by atoms with Gasteiger partial charge >= 0.3 is 5.97 Å². The summed E-state index contributed by atoms with van der Waals surface area (Å²) in [5.41, 5.74) is 5.39. The average molecular weight is 459 g/mol. The summed E-state index contributed by atoms with van der Waals surface area (Å²) < 4.78 is 12.5. The van der Waals surface area contributed by atoms with Crippen LogP contribution in [0, 0.1) is 6.92 Å². The molecule has 34 heavy (non-hydrogen) atoms. The van der Waals surface area contributed by atoms with Gasteiger partial charge in [0.2, 0.25) is 0 Å². The van der Waals surface area contributed by atoms with Crippen LogP contribution < -0.4 is 14.8 Å². The van der Waals surface area contributed by atoms with Crippen LogP contribution in [0.25, 0.3) is 10.9 Å². The van der Waals surface area contributed by atoms with Gasteiger partial charge in [-0.1, -0.05) is 42.0 Å².